The Morgan fingerprint density at radius 2 is 2.27 bits per heavy atom. The first-order chi connectivity index (χ1) is 12.4. The molecule has 2 amide bonds. The predicted molar refractivity (Wildman–Crippen MR) is 90.8 cm³/mol. The van der Waals surface area contributed by atoms with E-state index in [1.165, 1.54) is 7.11 Å². The number of nitrogens with zero attached hydrogens (tertiary/aromatic N) is 1. The number of ether oxygens (including phenoxy) is 2. The van der Waals surface area contributed by atoms with E-state index in [1.54, 1.807) is 24.4 Å². The molecule has 1 aliphatic carbocycles. The molecule has 0 unspecified atom stereocenters. The van der Waals surface area contributed by atoms with E-state index >= 15 is 0 Å². The van der Waals surface area contributed by atoms with Crippen LogP contribution < -0.4 is 20.5 Å². The molecule has 1 saturated carbocycles. The highest BCUT2D eigenvalue weighted by Gasteiger charge is 2.69. The Balaban J connectivity index is 1.51. The summed E-state index contributed by atoms with van der Waals surface area (Å²) in [4.78, 5) is 27.3. The molecular weight excluding hydrogens is 341 g/mol. The lowest BCUT2D eigenvalue weighted by Gasteiger charge is -2.15. The standard InChI is InChI=1S/C18H18FN3O4/c1-25-15-7-9-13(6-10(15)16(20)23)21-4-2-14(9)26-5-3-12-11-8-18(11,19)17(24)22-12/h2,4,6-7,11-12H,3,5,8H2,1H3,(H2,20,23)(H,22,24)/t11-,12-,18+/m1/s1. The summed E-state index contributed by atoms with van der Waals surface area (Å²) in [5.74, 6) is -0.452. The van der Waals surface area contributed by atoms with Gasteiger partial charge >= 0.3 is 0 Å². The summed E-state index contributed by atoms with van der Waals surface area (Å²) < 4.78 is 25.0. The fourth-order valence-corrected chi connectivity index (χ4v) is 3.58. The second kappa shape index (κ2) is 5.82. The number of nitrogens with two attached hydrogens (primary N) is 1. The molecule has 0 spiro atoms. The Morgan fingerprint density at radius 1 is 1.46 bits per heavy atom. The van der Waals surface area contributed by atoms with Crippen LogP contribution >= 0.6 is 0 Å². The van der Waals surface area contributed by atoms with E-state index in [1.807, 2.05) is 0 Å². The second-order valence-electron chi connectivity index (χ2n) is 6.63. The van der Waals surface area contributed by atoms with Crippen molar-refractivity contribution < 1.29 is 23.5 Å². The molecule has 2 aliphatic rings. The third-order valence-corrected chi connectivity index (χ3v) is 5.10. The number of piperidine rings is 1. The van der Waals surface area contributed by atoms with Gasteiger partial charge in [0.1, 0.15) is 11.5 Å². The monoisotopic (exact) mass is 359 g/mol. The van der Waals surface area contributed by atoms with Crippen molar-refractivity contribution in [3.05, 3.63) is 30.0 Å². The summed E-state index contributed by atoms with van der Waals surface area (Å²) in [6, 6.07) is 4.72. The van der Waals surface area contributed by atoms with E-state index in [0.29, 0.717) is 41.9 Å². The minimum Gasteiger partial charge on any atom is -0.496 e. The van der Waals surface area contributed by atoms with Crippen molar-refractivity contribution in [3.63, 3.8) is 0 Å². The van der Waals surface area contributed by atoms with Gasteiger partial charge in [0, 0.05) is 30.0 Å². The molecule has 1 saturated heterocycles. The van der Waals surface area contributed by atoms with Crippen molar-refractivity contribution in [2.75, 3.05) is 13.7 Å². The molecule has 0 bridgehead atoms. The van der Waals surface area contributed by atoms with Crippen LogP contribution in [-0.2, 0) is 4.79 Å². The van der Waals surface area contributed by atoms with Crippen LogP contribution in [0, 0.1) is 5.92 Å². The van der Waals surface area contributed by atoms with Gasteiger partial charge in [-0.2, -0.15) is 0 Å². The Bertz CT molecular complexity index is 919. The normalized spacial score (nSPS) is 26.3. The SMILES string of the molecule is COc1cc2c(OCC[C@H]3NC(=O)[C@]4(F)C[C@H]34)ccnc2cc1C(N)=O. The molecule has 4 rings (SSSR count). The number of aromatic nitrogens is 1. The molecule has 1 aromatic carbocycles. The summed E-state index contributed by atoms with van der Waals surface area (Å²) in [6.07, 6.45) is 2.39. The summed E-state index contributed by atoms with van der Waals surface area (Å²) in [5.41, 5.74) is 4.50. The predicted octanol–water partition coefficient (Wildman–Crippen LogP) is 1.34. The van der Waals surface area contributed by atoms with Crippen LogP contribution in [0.15, 0.2) is 24.4 Å². The number of methoxy groups -OCH3 is 1. The van der Waals surface area contributed by atoms with E-state index in [0.717, 1.165) is 0 Å². The maximum Gasteiger partial charge on any atom is 0.258 e. The molecule has 1 aliphatic heterocycles. The summed E-state index contributed by atoms with van der Waals surface area (Å²) in [5, 5.41) is 3.35. The van der Waals surface area contributed by atoms with E-state index in [2.05, 4.69) is 10.3 Å². The number of halogens is 1. The van der Waals surface area contributed by atoms with Crippen molar-refractivity contribution >= 4 is 22.7 Å². The van der Waals surface area contributed by atoms with E-state index in [9.17, 15) is 14.0 Å². The number of rotatable bonds is 6. The van der Waals surface area contributed by atoms with Gasteiger partial charge in [0.2, 0.25) is 0 Å². The van der Waals surface area contributed by atoms with Crippen LogP contribution in [0.1, 0.15) is 23.2 Å². The van der Waals surface area contributed by atoms with Gasteiger partial charge in [-0.05, 0) is 24.6 Å². The highest BCUT2D eigenvalue weighted by Crippen LogP contribution is 2.54. The van der Waals surface area contributed by atoms with Crippen LogP contribution in [0.2, 0.25) is 0 Å². The lowest BCUT2D eigenvalue weighted by Crippen LogP contribution is -2.33. The van der Waals surface area contributed by atoms with Gasteiger partial charge in [-0.25, -0.2) is 4.39 Å². The lowest BCUT2D eigenvalue weighted by atomic mass is 10.1. The minimum atomic E-state index is -1.66. The molecule has 2 aromatic rings. The van der Waals surface area contributed by atoms with Crippen LogP contribution in [0.5, 0.6) is 11.5 Å². The molecule has 7 nitrogen and oxygen atoms in total. The molecule has 2 fully saturated rings. The summed E-state index contributed by atoms with van der Waals surface area (Å²) in [7, 11) is 1.45. The third-order valence-electron chi connectivity index (χ3n) is 5.10. The molecular formula is C18H18FN3O4. The molecule has 3 N–H and O–H groups in total. The molecule has 1 aromatic heterocycles. The van der Waals surface area contributed by atoms with Crippen molar-refractivity contribution in [3.8, 4) is 11.5 Å². The van der Waals surface area contributed by atoms with Crippen LogP contribution in [0.3, 0.4) is 0 Å². The van der Waals surface area contributed by atoms with Crippen molar-refractivity contribution in [1.29, 1.82) is 0 Å². The lowest BCUT2D eigenvalue weighted by molar-refractivity contribution is -0.125. The van der Waals surface area contributed by atoms with Crippen LogP contribution in [0.25, 0.3) is 10.9 Å². The minimum absolute atomic E-state index is 0.198. The fraction of sp³-hybridized carbons (Fsp3) is 0.389. The number of pyridine rings is 1. The van der Waals surface area contributed by atoms with Gasteiger partial charge < -0.3 is 20.5 Å². The van der Waals surface area contributed by atoms with Gasteiger partial charge in [-0.1, -0.05) is 0 Å². The van der Waals surface area contributed by atoms with Crippen LogP contribution in [-0.4, -0.2) is 42.2 Å². The zero-order valence-corrected chi connectivity index (χ0v) is 14.1. The van der Waals surface area contributed by atoms with E-state index < -0.39 is 17.5 Å². The quantitative estimate of drug-likeness (QED) is 0.810. The van der Waals surface area contributed by atoms with Crippen molar-refractivity contribution in [2.45, 2.75) is 24.6 Å². The van der Waals surface area contributed by atoms with Crippen LogP contribution in [0.4, 0.5) is 4.39 Å². The highest BCUT2D eigenvalue weighted by molar-refractivity contribution is 6.01. The first kappa shape index (κ1) is 16.6. The van der Waals surface area contributed by atoms with E-state index in [-0.39, 0.29) is 17.5 Å². The highest BCUT2D eigenvalue weighted by atomic mass is 19.1. The third kappa shape index (κ3) is 2.53. The zero-order chi connectivity index (χ0) is 18.5. The van der Waals surface area contributed by atoms with Gasteiger partial charge in [0.25, 0.3) is 11.8 Å². The number of benzene rings is 1. The number of nitrogens with one attached hydrogen (secondary N) is 1. The van der Waals surface area contributed by atoms with Gasteiger partial charge in [0.05, 0.1) is 24.8 Å². The average Bonchev–Trinajstić information content (AvgIpc) is 3.26. The van der Waals surface area contributed by atoms with Gasteiger partial charge in [-0.3, -0.25) is 14.6 Å². The molecule has 8 heteroatoms. The summed E-state index contributed by atoms with van der Waals surface area (Å²) in [6.45, 7) is 0.316. The largest absolute Gasteiger partial charge is 0.496 e. The zero-order valence-electron chi connectivity index (χ0n) is 14.1. The number of carbonyl (C=O) groups is 2. The van der Waals surface area contributed by atoms with E-state index in [4.69, 9.17) is 15.2 Å². The van der Waals surface area contributed by atoms with Gasteiger partial charge in [0.15, 0.2) is 5.67 Å². The number of hydrogen-bond acceptors (Lipinski definition) is 5. The number of hydrogen-bond donors (Lipinski definition) is 2. The molecule has 0 radical (unpaired) electrons. The maximum atomic E-state index is 14.0. The Kier molecular flexibility index (Phi) is 3.71. The summed E-state index contributed by atoms with van der Waals surface area (Å²) >= 11 is 0. The topological polar surface area (TPSA) is 104 Å². The van der Waals surface area contributed by atoms with Crippen molar-refractivity contribution in [2.24, 2.45) is 11.7 Å². The molecule has 136 valence electrons. The molecule has 3 atom stereocenters. The van der Waals surface area contributed by atoms with Gasteiger partial charge in [-0.15, -0.1) is 0 Å². The maximum absolute atomic E-state index is 14.0. The first-order valence-corrected chi connectivity index (χ1v) is 8.33. The fourth-order valence-electron chi connectivity index (χ4n) is 3.58. The average molecular weight is 359 g/mol. The second-order valence-corrected chi connectivity index (χ2v) is 6.63. The first-order valence-electron chi connectivity index (χ1n) is 8.33. The molecule has 2 heterocycles. The Labute approximate surface area is 148 Å². The number of primary amides is 1. The number of fused-ring (bicyclic) bond motifs is 2. The smallest absolute Gasteiger partial charge is 0.258 e. The Morgan fingerprint density at radius 3 is 2.88 bits per heavy atom. The van der Waals surface area contributed by atoms with Crippen molar-refractivity contribution in [1.82, 2.24) is 10.3 Å². The number of alkyl halides is 1. The number of amides is 2. The number of carbonyl (C=O) groups excluding carboxylic acids is 2. The Hall–Kier alpha value is -2.90. The molecule has 26 heavy (non-hydrogen) atoms.